The molecule has 0 saturated heterocycles. The normalized spacial score (nSPS) is 12.2. The summed E-state index contributed by atoms with van der Waals surface area (Å²) in [6, 6.07) is 58.9. The second-order valence-corrected chi connectivity index (χ2v) is 22.8. The van der Waals surface area contributed by atoms with Gasteiger partial charge in [-0.25, -0.2) is 29.0 Å². The van der Waals surface area contributed by atoms with E-state index in [0.717, 1.165) is 65.1 Å². The summed E-state index contributed by atoms with van der Waals surface area (Å²) < 4.78 is 0. The van der Waals surface area contributed by atoms with Crippen LogP contribution in [0.25, 0.3) is 0 Å². The maximum absolute atomic E-state index is 11.9. The molecule has 1 aliphatic carbocycles. The molecule has 25 nitrogen and oxygen atoms in total. The largest absolute Gasteiger partial charge is 0.481 e. The number of pyridine rings is 6. The van der Waals surface area contributed by atoms with Crippen molar-refractivity contribution in [2.45, 2.75) is 64.2 Å². The van der Waals surface area contributed by atoms with E-state index in [-0.39, 0.29) is 35.0 Å². The van der Waals surface area contributed by atoms with Crippen LogP contribution in [0.5, 0.6) is 0 Å². The second kappa shape index (κ2) is 42.2. The summed E-state index contributed by atoms with van der Waals surface area (Å²) in [7, 11) is 0. The van der Waals surface area contributed by atoms with Crippen LogP contribution >= 0.6 is 0 Å². The first-order chi connectivity index (χ1) is 50.3. The number of amides is 2. The molecule has 104 heavy (non-hydrogen) atoms. The Labute approximate surface area is 598 Å². The molecule has 1 aliphatic rings. The van der Waals surface area contributed by atoms with Crippen LogP contribution in [0.2, 0.25) is 0 Å². The quantitative estimate of drug-likeness (QED) is 0.0300. The van der Waals surface area contributed by atoms with Crippen LogP contribution in [0.4, 0.5) is 22.9 Å². The minimum absolute atomic E-state index is 0.0486. The lowest BCUT2D eigenvalue weighted by atomic mass is 9.85. The van der Waals surface area contributed by atoms with Crippen LogP contribution in [0.1, 0.15) is 126 Å². The molecular weight excluding hydrogens is 1330 g/mol. The Bertz CT molecular complexity index is 4100. The van der Waals surface area contributed by atoms with Gasteiger partial charge in [0.2, 0.25) is 0 Å². The van der Waals surface area contributed by atoms with Crippen LogP contribution in [-0.4, -0.2) is 114 Å². The predicted molar refractivity (Wildman–Crippen MR) is 391 cm³/mol. The van der Waals surface area contributed by atoms with Crippen LogP contribution in [0.3, 0.4) is 0 Å². The molecule has 0 radical (unpaired) electrons. The average molecular weight is 1400 g/mol. The van der Waals surface area contributed by atoms with Crippen molar-refractivity contribution in [1.29, 1.82) is 0 Å². The van der Waals surface area contributed by atoms with E-state index in [9.17, 15) is 38.4 Å². The highest BCUT2D eigenvalue weighted by Crippen LogP contribution is 2.25. The average Bonchev–Trinajstić information content (AvgIpc) is 0.882. The molecule has 1 fully saturated rings. The topological polar surface area (TPSA) is 395 Å². The monoisotopic (exact) mass is 1400 g/mol. The maximum Gasteiger partial charge on any atom is 0.335 e. The van der Waals surface area contributed by atoms with Crippen molar-refractivity contribution in [2.75, 3.05) is 21.3 Å². The number of anilines is 4. The van der Waals surface area contributed by atoms with Gasteiger partial charge in [0.05, 0.1) is 45.0 Å². The van der Waals surface area contributed by atoms with Crippen molar-refractivity contribution in [2.24, 2.45) is 5.92 Å². The lowest BCUT2D eigenvalue weighted by Gasteiger charge is -2.27. The smallest absolute Gasteiger partial charge is 0.335 e. The van der Waals surface area contributed by atoms with Crippen molar-refractivity contribution in [3.8, 4) is 0 Å². The number of hydrogen-bond donors (Lipinski definition) is 11. The number of carbonyl (C=O) groups excluding carboxylic acids is 2. The summed E-state index contributed by atoms with van der Waals surface area (Å²) in [6.45, 7) is 1.92. The highest BCUT2D eigenvalue weighted by Gasteiger charge is 2.28. The molecule has 2 amide bonds. The number of benzene rings is 5. The Morgan fingerprint density at radius 3 is 1.29 bits per heavy atom. The Balaban J connectivity index is 0.000000175. The van der Waals surface area contributed by atoms with E-state index in [0.29, 0.717) is 66.0 Å². The number of aromatic carboxylic acids is 5. The molecule has 25 heteroatoms. The third-order valence-corrected chi connectivity index (χ3v) is 15.3. The van der Waals surface area contributed by atoms with E-state index in [1.165, 1.54) is 30.1 Å². The number of carboxylic acid groups (broad SMARTS) is 6. The van der Waals surface area contributed by atoms with E-state index in [1.54, 1.807) is 177 Å². The number of nitrogens with zero attached hydrogens (tertiary/aromatic N) is 6. The standard InChI is InChI=1S/C14H13NO2.C13H16N2O3.C13H10N2O3.3C13H12N2O2/c16-14(17)13-5-3-11(4-6-13)1-2-12-7-9-15-10-8-12;16-12(10-4-2-6-14-8-10)15-11-5-1-3-9(7-11)13(17)18;16-12(11-6-1-2-7-14-11)15-10-5-3-4-9(8-10)13(17)18;16-13(17)11-3-1-10(2-4-11)9-15-12-5-7-14-8-6-12;16-13(17)11-5-3-10(4-6-11)8-15-12-2-1-7-14-9-12;16-13(17)11-6-4-10(5-7-11)9-15-12-3-1-2-8-14-12/h3-10H,1-2H2,(H,16,17);2,4,6,8-9,11H,1,3,5,7H2,(H,15,16)(H,17,18);1-8H,(H,15,16)(H,17,18);1-8H,9H2,(H,14,15)(H,16,17);1-7,9,15H,8H2,(H,16,17);1-8H,9H2,(H,14,15)(H,16,17). The van der Waals surface area contributed by atoms with Crippen LogP contribution in [0, 0.1) is 5.92 Å². The number of carbonyl (C=O) groups is 8. The Morgan fingerprint density at radius 2 is 0.817 bits per heavy atom. The number of rotatable bonds is 22. The molecule has 2 atom stereocenters. The zero-order chi connectivity index (χ0) is 74.3. The molecule has 12 rings (SSSR count). The maximum atomic E-state index is 11.9. The number of carboxylic acids is 6. The summed E-state index contributed by atoms with van der Waals surface area (Å²) in [6.07, 6.45) is 21.6. The van der Waals surface area contributed by atoms with E-state index >= 15 is 0 Å². The van der Waals surface area contributed by atoms with Gasteiger partial charge in [-0.2, -0.15) is 0 Å². The second-order valence-electron chi connectivity index (χ2n) is 22.8. The number of aryl methyl sites for hydroxylation is 2. The van der Waals surface area contributed by atoms with Gasteiger partial charge in [0.1, 0.15) is 11.5 Å². The number of hydrogen-bond acceptors (Lipinski definition) is 17. The molecule has 6 heterocycles. The third kappa shape index (κ3) is 28.2. The predicted octanol–water partition coefficient (Wildman–Crippen LogP) is 13.2. The van der Waals surface area contributed by atoms with Gasteiger partial charge in [-0.1, -0.05) is 73.2 Å². The molecule has 0 spiro atoms. The molecular formula is C79H75N11O14. The van der Waals surface area contributed by atoms with Gasteiger partial charge in [0.25, 0.3) is 11.8 Å². The zero-order valence-electron chi connectivity index (χ0n) is 56.1. The molecule has 0 aliphatic heterocycles. The van der Waals surface area contributed by atoms with Gasteiger partial charge in [0, 0.05) is 99.0 Å². The summed E-state index contributed by atoms with van der Waals surface area (Å²) in [5, 5.41) is 67.9. The molecule has 11 N–H and O–H groups in total. The van der Waals surface area contributed by atoms with Gasteiger partial charge in [-0.05, 0) is 199 Å². The number of aromatic nitrogens is 6. The van der Waals surface area contributed by atoms with Crippen molar-refractivity contribution < 1.29 is 69.0 Å². The van der Waals surface area contributed by atoms with E-state index in [1.807, 2.05) is 66.7 Å². The lowest BCUT2D eigenvalue weighted by molar-refractivity contribution is -0.143. The first-order valence-electron chi connectivity index (χ1n) is 32.5. The molecule has 5 aromatic carbocycles. The minimum Gasteiger partial charge on any atom is -0.481 e. The van der Waals surface area contributed by atoms with Crippen LogP contribution < -0.4 is 26.6 Å². The summed E-state index contributed by atoms with van der Waals surface area (Å²) >= 11 is 0. The van der Waals surface area contributed by atoms with Crippen LogP contribution in [-0.2, 0) is 37.3 Å². The fraction of sp³-hybridized carbons (Fsp3) is 0.139. The number of aliphatic carboxylic acids is 1. The van der Waals surface area contributed by atoms with Crippen molar-refractivity contribution in [1.82, 2.24) is 35.2 Å². The Morgan fingerprint density at radius 1 is 0.356 bits per heavy atom. The Hall–Kier alpha value is -13.8. The van der Waals surface area contributed by atoms with Gasteiger partial charge >= 0.3 is 35.8 Å². The summed E-state index contributed by atoms with van der Waals surface area (Å²) in [5.74, 6) is -5.50. The van der Waals surface area contributed by atoms with E-state index < -0.39 is 35.8 Å². The van der Waals surface area contributed by atoms with Crippen LogP contribution in [0.15, 0.2) is 268 Å². The highest BCUT2D eigenvalue weighted by molar-refractivity contribution is 6.03. The molecule has 2 unspecified atom stereocenters. The van der Waals surface area contributed by atoms with Gasteiger partial charge in [-0.3, -0.25) is 39.3 Å². The first-order valence-corrected chi connectivity index (χ1v) is 32.5. The van der Waals surface area contributed by atoms with Crippen molar-refractivity contribution in [3.05, 3.63) is 335 Å². The van der Waals surface area contributed by atoms with Gasteiger partial charge < -0.3 is 57.2 Å². The fourth-order valence-electron chi connectivity index (χ4n) is 9.69. The third-order valence-electron chi connectivity index (χ3n) is 15.3. The SMILES string of the molecule is O=C(NC1CCCC(C(=O)O)C1)c1cccnc1.O=C(O)c1ccc(CCc2ccncc2)cc1.O=C(O)c1ccc(CNc2ccccn2)cc1.O=C(O)c1ccc(CNc2cccnc2)cc1.O=C(O)c1ccc(CNc2ccncc2)cc1.O=C(O)c1cccc(NC(=O)c2ccccn2)c1. The van der Waals surface area contributed by atoms with E-state index in [4.69, 9.17) is 30.6 Å². The summed E-state index contributed by atoms with van der Waals surface area (Å²) in [5.41, 5.74) is 9.95. The number of nitrogens with one attached hydrogen (secondary N) is 5. The van der Waals surface area contributed by atoms with Gasteiger partial charge in [0.15, 0.2) is 0 Å². The van der Waals surface area contributed by atoms with Crippen molar-refractivity contribution in [3.63, 3.8) is 0 Å². The van der Waals surface area contributed by atoms with Gasteiger partial charge in [-0.15, -0.1) is 0 Å². The van der Waals surface area contributed by atoms with Crippen molar-refractivity contribution >= 4 is 70.5 Å². The lowest BCUT2D eigenvalue weighted by Crippen LogP contribution is -2.39. The summed E-state index contributed by atoms with van der Waals surface area (Å²) in [4.78, 5) is 112. The molecule has 0 bridgehead atoms. The fourth-order valence-corrected chi connectivity index (χ4v) is 9.69. The highest BCUT2D eigenvalue weighted by atomic mass is 16.4. The molecule has 6 aromatic heterocycles. The first kappa shape index (κ1) is 77.5. The zero-order valence-corrected chi connectivity index (χ0v) is 56.1. The molecule has 1 saturated carbocycles. The molecule has 11 aromatic rings. The minimum atomic E-state index is -1.04. The molecule has 530 valence electrons. The van der Waals surface area contributed by atoms with E-state index in [2.05, 4.69) is 56.5 Å². The Kier molecular flexibility index (Phi) is 31.4.